The lowest BCUT2D eigenvalue weighted by atomic mass is 10.1. The van der Waals surface area contributed by atoms with Crippen LogP contribution in [-0.2, 0) is 6.42 Å². The quantitative estimate of drug-likeness (QED) is 0.226. The second-order valence-electron chi connectivity index (χ2n) is 5.08. The van der Waals surface area contributed by atoms with E-state index in [0.29, 0.717) is 0 Å². The predicted octanol–water partition coefficient (Wildman–Crippen LogP) is 7.07. The molecule has 0 nitrogen and oxygen atoms in total. The van der Waals surface area contributed by atoms with E-state index in [9.17, 15) is 0 Å². The van der Waals surface area contributed by atoms with Crippen LogP contribution >= 0.6 is 44.6 Å². The molecule has 5 heteroatoms. The fraction of sp³-hybridized carbons (Fsp3) is 0.714. The second kappa shape index (κ2) is 10.5. The van der Waals surface area contributed by atoms with Crippen molar-refractivity contribution in [3.63, 3.8) is 0 Å². The first-order chi connectivity index (χ1) is 9.08. The average Bonchev–Trinajstić information content (AvgIpc) is 2.83. The summed E-state index contributed by atoms with van der Waals surface area (Å²) in [5.41, 5.74) is 1.50. The summed E-state index contributed by atoms with van der Waals surface area (Å²) in [6.45, 7) is 0. The average molecular weight is 358 g/mol. The van der Waals surface area contributed by atoms with Crippen LogP contribution in [0.3, 0.4) is 0 Å². The van der Waals surface area contributed by atoms with Gasteiger partial charge in [0.15, 0.2) is 0 Å². The van der Waals surface area contributed by atoms with Gasteiger partial charge in [-0.1, -0.05) is 44.9 Å². The van der Waals surface area contributed by atoms with E-state index in [-0.39, 0.29) is 0 Å². The topological polar surface area (TPSA) is 0 Å². The van der Waals surface area contributed by atoms with E-state index in [1.807, 2.05) is 0 Å². The Hall–Kier alpha value is 0.787. The van der Waals surface area contributed by atoms with Crippen LogP contribution in [0.2, 0.25) is 6.04 Å². The van der Waals surface area contributed by atoms with E-state index < -0.39 is 6.00 Å². The molecular weight excluding hydrogens is 335 g/mol. The van der Waals surface area contributed by atoms with E-state index in [0.717, 1.165) is 12.5 Å². The molecule has 19 heavy (non-hydrogen) atoms. The molecule has 0 fully saturated rings. The number of thiophene rings is 1. The standard InChI is InChI=1S/C14H23Cl3SSi/c15-19(16,17)12-8-6-4-2-1-3-5-7-9-14-10-11-18-13-14/h10-11,13H,1-9,12H2. The van der Waals surface area contributed by atoms with Gasteiger partial charge < -0.3 is 0 Å². The Balaban J connectivity index is 1.79. The van der Waals surface area contributed by atoms with E-state index in [2.05, 4.69) is 16.8 Å². The van der Waals surface area contributed by atoms with Crippen molar-refractivity contribution in [3.8, 4) is 0 Å². The van der Waals surface area contributed by atoms with Gasteiger partial charge in [-0.25, -0.2) is 0 Å². The molecule has 0 saturated carbocycles. The number of unbranched alkanes of at least 4 members (excludes halogenated alkanes) is 7. The number of halogens is 3. The highest BCUT2D eigenvalue weighted by Crippen LogP contribution is 2.27. The maximum Gasteiger partial charge on any atom is 0.341 e. The van der Waals surface area contributed by atoms with Crippen molar-refractivity contribution < 1.29 is 0 Å². The van der Waals surface area contributed by atoms with Crippen LogP contribution in [0, 0.1) is 0 Å². The Labute approximate surface area is 136 Å². The van der Waals surface area contributed by atoms with Gasteiger partial charge in [0.1, 0.15) is 0 Å². The van der Waals surface area contributed by atoms with Gasteiger partial charge >= 0.3 is 6.00 Å². The molecule has 0 aliphatic carbocycles. The normalized spacial score (nSPS) is 11.9. The molecule has 0 atom stereocenters. The molecule has 0 saturated heterocycles. The Bertz CT molecular complexity index is 309. The van der Waals surface area contributed by atoms with Crippen LogP contribution in [0.25, 0.3) is 0 Å². The molecule has 1 rings (SSSR count). The summed E-state index contributed by atoms with van der Waals surface area (Å²) in [6, 6.07) is 0.700. The van der Waals surface area contributed by atoms with Crippen LogP contribution in [0.1, 0.15) is 56.9 Å². The van der Waals surface area contributed by atoms with Gasteiger partial charge in [-0.15, -0.1) is 33.2 Å². The summed E-state index contributed by atoms with van der Waals surface area (Å²) in [7, 11) is 0. The van der Waals surface area contributed by atoms with Gasteiger partial charge in [0.25, 0.3) is 0 Å². The van der Waals surface area contributed by atoms with Crippen molar-refractivity contribution in [2.75, 3.05) is 0 Å². The van der Waals surface area contributed by atoms with Crippen molar-refractivity contribution in [3.05, 3.63) is 22.4 Å². The smallest absolute Gasteiger partial charge is 0.152 e. The second-order valence-corrected chi connectivity index (χ2v) is 15.1. The lowest BCUT2D eigenvalue weighted by Gasteiger charge is -2.06. The lowest BCUT2D eigenvalue weighted by Crippen LogP contribution is -2.07. The van der Waals surface area contributed by atoms with Gasteiger partial charge in [-0.2, -0.15) is 11.3 Å². The fourth-order valence-corrected chi connectivity index (χ4v) is 4.71. The lowest BCUT2D eigenvalue weighted by molar-refractivity contribution is 0.575. The summed E-state index contributed by atoms with van der Waals surface area (Å²) in [4.78, 5) is 0. The summed E-state index contributed by atoms with van der Waals surface area (Å²) in [6.07, 6.45) is 11.6. The number of hydrogen-bond acceptors (Lipinski definition) is 1. The molecule has 0 spiro atoms. The zero-order valence-corrected chi connectivity index (χ0v) is 15.4. The molecule has 0 radical (unpaired) electrons. The molecule has 0 aliphatic rings. The molecule has 0 unspecified atom stereocenters. The first-order valence-electron chi connectivity index (χ1n) is 7.16. The van der Waals surface area contributed by atoms with Crippen LogP contribution < -0.4 is 0 Å². The number of hydrogen-bond donors (Lipinski definition) is 0. The Morgan fingerprint density at radius 1 is 0.842 bits per heavy atom. The van der Waals surface area contributed by atoms with Crippen molar-refractivity contribution in [2.45, 2.75) is 63.8 Å². The molecule has 110 valence electrons. The third-order valence-electron chi connectivity index (χ3n) is 3.26. The van der Waals surface area contributed by atoms with Gasteiger partial charge in [-0.3, -0.25) is 0 Å². The molecule has 1 aromatic heterocycles. The monoisotopic (exact) mass is 356 g/mol. The van der Waals surface area contributed by atoms with E-state index in [1.54, 1.807) is 11.3 Å². The number of rotatable bonds is 11. The van der Waals surface area contributed by atoms with Crippen LogP contribution in [0.4, 0.5) is 0 Å². The molecule has 0 amide bonds. The van der Waals surface area contributed by atoms with Crippen LogP contribution in [-0.4, -0.2) is 6.00 Å². The summed E-state index contributed by atoms with van der Waals surface area (Å²) in [5, 5.41) is 4.42. The van der Waals surface area contributed by atoms with E-state index in [1.165, 1.54) is 56.9 Å². The highest BCUT2D eigenvalue weighted by Gasteiger charge is 2.23. The first kappa shape index (κ1) is 17.8. The minimum Gasteiger partial charge on any atom is -0.152 e. The van der Waals surface area contributed by atoms with Crippen molar-refractivity contribution in [1.82, 2.24) is 0 Å². The summed E-state index contributed by atoms with van der Waals surface area (Å²) >= 11 is 19.3. The summed E-state index contributed by atoms with van der Waals surface area (Å²) in [5.74, 6) is 0. The highest BCUT2D eigenvalue weighted by atomic mass is 35.8. The molecule has 1 heterocycles. The molecule has 0 N–H and O–H groups in total. The predicted molar refractivity (Wildman–Crippen MR) is 93.1 cm³/mol. The van der Waals surface area contributed by atoms with Crippen LogP contribution in [0.15, 0.2) is 16.8 Å². The zero-order chi connectivity index (χ0) is 14.0. The van der Waals surface area contributed by atoms with Gasteiger partial charge in [0, 0.05) is 0 Å². The third-order valence-corrected chi connectivity index (χ3v) is 6.61. The van der Waals surface area contributed by atoms with Gasteiger partial charge in [-0.05, 0) is 41.3 Å². The molecule has 0 bridgehead atoms. The maximum absolute atomic E-state index is 5.84. The third kappa shape index (κ3) is 11.2. The summed E-state index contributed by atoms with van der Waals surface area (Å²) < 4.78 is 0. The van der Waals surface area contributed by atoms with Crippen LogP contribution in [0.5, 0.6) is 0 Å². The van der Waals surface area contributed by atoms with E-state index >= 15 is 0 Å². The fourth-order valence-electron chi connectivity index (χ4n) is 2.15. The van der Waals surface area contributed by atoms with E-state index in [4.69, 9.17) is 33.2 Å². The van der Waals surface area contributed by atoms with Crippen molar-refractivity contribution in [2.24, 2.45) is 0 Å². The number of aryl methyl sites for hydroxylation is 1. The molecule has 0 aliphatic heterocycles. The van der Waals surface area contributed by atoms with Crippen molar-refractivity contribution in [1.29, 1.82) is 0 Å². The minimum absolute atomic E-state index is 0.818. The molecule has 0 aromatic carbocycles. The van der Waals surface area contributed by atoms with Crippen molar-refractivity contribution >= 4 is 50.6 Å². The Morgan fingerprint density at radius 3 is 1.95 bits per heavy atom. The van der Waals surface area contributed by atoms with Gasteiger partial charge in [0.2, 0.25) is 0 Å². The SMILES string of the molecule is Cl[Si](Cl)(Cl)CCCCCCCCCCc1ccsc1. The molecular formula is C14H23Cl3SSi. The maximum atomic E-state index is 5.84. The Morgan fingerprint density at radius 2 is 1.42 bits per heavy atom. The minimum atomic E-state index is -2.35. The largest absolute Gasteiger partial charge is 0.341 e. The highest BCUT2D eigenvalue weighted by molar-refractivity contribution is 7.64. The van der Waals surface area contributed by atoms with Gasteiger partial charge in [0.05, 0.1) is 0 Å². The molecule has 1 aromatic rings. The zero-order valence-electron chi connectivity index (χ0n) is 11.3. The Kier molecular flexibility index (Phi) is 9.86. The first-order valence-corrected chi connectivity index (χ1v) is 13.3.